The second-order valence-corrected chi connectivity index (χ2v) is 6.52. The molecule has 9 nitrogen and oxygen atoms in total. The average molecular weight is 403 g/mol. The van der Waals surface area contributed by atoms with Crippen LogP contribution >= 0.6 is 0 Å². The summed E-state index contributed by atoms with van der Waals surface area (Å²) < 4.78 is 15.7. The fourth-order valence-corrected chi connectivity index (χ4v) is 2.29. The molecule has 1 heterocycles. The van der Waals surface area contributed by atoms with Crippen molar-refractivity contribution in [1.82, 2.24) is 15.8 Å². The van der Waals surface area contributed by atoms with E-state index in [2.05, 4.69) is 15.8 Å². The smallest absolute Gasteiger partial charge is 0.338 e. The number of rotatable bonds is 8. The molecule has 9 heteroatoms. The fraction of sp³-hybridized carbons (Fsp3) is 0.400. The molecule has 0 aliphatic heterocycles. The van der Waals surface area contributed by atoms with Gasteiger partial charge >= 0.3 is 12.0 Å². The second kappa shape index (κ2) is 10.3. The summed E-state index contributed by atoms with van der Waals surface area (Å²) >= 11 is 0. The van der Waals surface area contributed by atoms with Gasteiger partial charge in [-0.05, 0) is 51.5 Å². The van der Waals surface area contributed by atoms with Crippen LogP contribution in [-0.4, -0.2) is 35.7 Å². The monoisotopic (exact) mass is 403 g/mol. The Bertz CT molecular complexity index is 840. The van der Waals surface area contributed by atoms with E-state index in [1.807, 2.05) is 27.7 Å². The first-order chi connectivity index (χ1) is 13.8. The summed E-state index contributed by atoms with van der Waals surface area (Å²) in [6.07, 6.45) is 0.731. The maximum Gasteiger partial charge on any atom is 0.338 e. The van der Waals surface area contributed by atoms with Crippen LogP contribution in [0.2, 0.25) is 0 Å². The summed E-state index contributed by atoms with van der Waals surface area (Å²) in [4.78, 5) is 35.3. The molecular formula is C20H25N3O6. The third-order valence-corrected chi connectivity index (χ3v) is 4.23. The summed E-state index contributed by atoms with van der Waals surface area (Å²) in [7, 11) is 0. The van der Waals surface area contributed by atoms with E-state index in [0.29, 0.717) is 18.1 Å². The van der Waals surface area contributed by atoms with Crippen molar-refractivity contribution in [3.63, 3.8) is 0 Å². The SMILES string of the molecule is CC[C@@H](C)NC(=O)NC(=O)COC(=O)c1ccc(OCc2c(C)noc2C)cc1. The van der Waals surface area contributed by atoms with Crippen LogP contribution in [0.3, 0.4) is 0 Å². The van der Waals surface area contributed by atoms with Crippen molar-refractivity contribution in [3.8, 4) is 5.75 Å². The number of imide groups is 1. The lowest BCUT2D eigenvalue weighted by Crippen LogP contribution is -2.44. The number of urea groups is 1. The molecule has 2 rings (SSSR count). The van der Waals surface area contributed by atoms with Gasteiger partial charge in [-0.2, -0.15) is 0 Å². The Labute approximate surface area is 168 Å². The van der Waals surface area contributed by atoms with E-state index in [1.165, 1.54) is 12.1 Å². The van der Waals surface area contributed by atoms with Crippen molar-refractivity contribution < 1.29 is 28.4 Å². The van der Waals surface area contributed by atoms with Crippen LogP contribution in [0.25, 0.3) is 0 Å². The maximum atomic E-state index is 12.0. The zero-order valence-electron chi connectivity index (χ0n) is 16.9. The van der Waals surface area contributed by atoms with Crippen molar-refractivity contribution in [3.05, 3.63) is 46.8 Å². The molecule has 0 unspecified atom stereocenters. The van der Waals surface area contributed by atoms with E-state index in [4.69, 9.17) is 14.0 Å². The Morgan fingerprint density at radius 3 is 2.45 bits per heavy atom. The van der Waals surface area contributed by atoms with Gasteiger partial charge in [-0.1, -0.05) is 12.1 Å². The Kier molecular flexibility index (Phi) is 7.76. The van der Waals surface area contributed by atoms with E-state index in [1.54, 1.807) is 12.1 Å². The first kappa shape index (κ1) is 21.9. The number of benzene rings is 1. The highest BCUT2D eigenvalue weighted by atomic mass is 16.5. The van der Waals surface area contributed by atoms with Gasteiger partial charge in [-0.15, -0.1) is 0 Å². The summed E-state index contributed by atoms with van der Waals surface area (Å²) in [6, 6.07) is 5.60. The van der Waals surface area contributed by atoms with Crippen LogP contribution in [0.5, 0.6) is 5.75 Å². The molecule has 0 fully saturated rings. The molecular weight excluding hydrogens is 378 g/mol. The number of carbonyl (C=O) groups excluding carboxylic acids is 3. The third-order valence-electron chi connectivity index (χ3n) is 4.23. The number of nitrogens with one attached hydrogen (secondary N) is 2. The molecule has 0 radical (unpaired) electrons. The number of nitrogens with zero attached hydrogens (tertiary/aromatic N) is 1. The van der Waals surface area contributed by atoms with E-state index >= 15 is 0 Å². The van der Waals surface area contributed by atoms with Crippen molar-refractivity contribution >= 4 is 17.9 Å². The number of hydrogen-bond donors (Lipinski definition) is 2. The highest BCUT2D eigenvalue weighted by molar-refractivity contribution is 5.97. The van der Waals surface area contributed by atoms with Gasteiger partial charge in [-0.25, -0.2) is 9.59 Å². The predicted molar refractivity (Wildman–Crippen MR) is 103 cm³/mol. The third kappa shape index (κ3) is 6.63. The van der Waals surface area contributed by atoms with Crippen LogP contribution in [0.1, 0.15) is 47.6 Å². The highest BCUT2D eigenvalue weighted by Crippen LogP contribution is 2.18. The van der Waals surface area contributed by atoms with Crippen molar-refractivity contribution in [2.75, 3.05) is 6.61 Å². The molecule has 29 heavy (non-hydrogen) atoms. The molecule has 156 valence electrons. The van der Waals surface area contributed by atoms with Crippen LogP contribution < -0.4 is 15.4 Å². The van der Waals surface area contributed by atoms with Gasteiger partial charge in [-0.3, -0.25) is 10.1 Å². The Hall–Kier alpha value is -3.36. The van der Waals surface area contributed by atoms with Crippen molar-refractivity contribution in [1.29, 1.82) is 0 Å². The van der Waals surface area contributed by atoms with E-state index < -0.39 is 24.5 Å². The zero-order valence-corrected chi connectivity index (χ0v) is 16.9. The van der Waals surface area contributed by atoms with Gasteiger partial charge < -0.3 is 19.3 Å². The fourth-order valence-electron chi connectivity index (χ4n) is 2.29. The Morgan fingerprint density at radius 1 is 1.17 bits per heavy atom. The topological polar surface area (TPSA) is 120 Å². The van der Waals surface area contributed by atoms with E-state index in [-0.39, 0.29) is 11.6 Å². The molecule has 0 spiro atoms. The van der Waals surface area contributed by atoms with Crippen LogP contribution in [0.15, 0.2) is 28.8 Å². The van der Waals surface area contributed by atoms with Gasteiger partial charge in [0.2, 0.25) is 0 Å². The summed E-state index contributed by atoms with van der Waals surface area (Å²) in [6.45, 7) is 7.09. The minimum Gasteiger partial charge on any atom is -0.489 e. The molecule has 0 aliphatic carbocycles. The number of carbonyl (C=O) groups is 3. The molecule has 2 aromatic rings. The first-order valence-electron chi connectivity index (χ1n) is 9.22. The molecule has 1 atom stereocenters. The Morgan fingerprint density at radius 2 is 1.86 bits per heavy atom. The van der Waals surface area contributed by atoms with Gasteiger partial charge in [0.05, 0.1) is 16.8 Å². The minimum atomic E-state index is -0.710. The van der Waals surface area contributed by atoms with E-state index in [0.717, 1.165) is 17.7 Å². The van der Waals surface area contributed by atoms with E-state index in [9.17, 15) is 14.4 Å². The maximum absolute atomic E-state index is 12.0. The standard InChI is InChI=1S/C20H25N3O6/c1-5-12(2)21-20(26)22-18(24)11-28-19(25)15-6-8-16(9-7-15)27-10-17-13(3)23-29-14(17)4/h6-9,12H,5,10-11H2,1-4H3,(H2,21,22,24,26)/t12-/m1/s1. The lowest BCUT2D eigenvalue weighted by Gasteiger charge is -2.12. The van der Waals surface area contributed by atoms with Gasteiger partial charge in [0.1, 0.15) is 18.1 Å². The number of amides is 3. The lowest BCUT2D eigenvalue weighted by molar-refractivity contribution is -0.123. The highest BCUT2D eigenvalue weighted by Gasteiger charge is 2.14. The number of aromatic nitrogens is 1. The van der Waals surface area contributed by atoms with Crippen LogP contribution in [0.4, 0.5) is 4.79 Å². The van der Waals surface area contributed by atoms with Crippen molar-refractivity contribution in [2.24, 2.45) is 0 Å². The largest absolute Gasteiger partial charge is 0.489 e. The summed E-state index contributed by atoms with van der Waals surface area (Å²) in [5.41, 5.74) is 1.89. The quantitative estimate of drug-likeness (QED) is 0.650. The molecule has 1 aromatic heterocycles. The van der Waals surface area contributed by atoms with Gasteiger partial charge in [0.25, 0.3) is 5.91 Å². The minimum absolute atomic E-state index is 0.0660. The number of esters is 1. The van der Waals surface area contributed by atoms with Gasteiger partial charge in [0, 0.05) is 6.04 Å². The average Bonchev–Trinajstić information content (AvgIpc) is 3.02. The lowest BCUT2D eigenvalue weighted by atomic mass is 10.2. The molecule has 0 saturated carbocycles. The van der Waals surface area contributed by atoms with Crippen LogP contribution in [0, 0.1) is 13.8 Å². The number of aryl methyl sites for hydroxylation is 2. The van der Waals surface area contributed by atoms with Crippen LogP contribution in [-0.2, 0) is 16.1 Å². The normalized spacial score (nSPS) is 11.4. The number of ether oxygens (including phenoxy) is 2. The molecule has 3 amide bonds. The second-order valence-electron chi connectivity index (χ2n) is 6.52. The summed E-state index contributed by atoms with van der Waals surface area (Å²) in [5.74, 6) is -0.141. The molecule has 1 aromatic carbocycles. The van der Waals surface area contributed by atoms with Gasteiger partial charge in [0.15, 0.2) is 6.61 Å². The summed E-state index contributed by atoms with van der Waals surface area (Å²) in [5, 5.41) is 8.54. The molecule has 0 saturated heterocycles. The number of hydrogen-bond acceptors (Lipinski definition) is 7. The zero-order chi connectivity index (χ0) is 21.4. The molecule has 2 N–H and O–H groups in total. The Balaban J connectivity index is 1.79. The molecule has 0 aliphatic rings. The predicted octanol–water partition coefficient (Wildman–Crippen LogP) is 2.65. The van der Waals surface area contributed by atoms with Crippen molar-refractivity contribution in [2.45, 2.75) is 46.8 Å². The molecule has 0 bridgehead atoms. The first-order valence-corrected chi connectivity index (χ1v) is 9.22.